The van der Waals surface area contributed by atoms with Gasteiger partial charge in [0, 0.05) is 13.6 Å². The van der Waals surface area contributed by atoms with Crippen molar-refractivity contribution < 1.29 is 14.6 Å². The smallest absolute Gasteiger partial charge is 0.341 e. The van der Waals surface area contributed by atoms with E-state index in [0.29, 0.717) is 12.2 Å². The van der Waals surface area contributed by atoms with Gasteiger partial charge < -0.3 is 14.7 Å². The Labute approximate surface area is 132 Å². The second kappa shape index (κ2) is 5.96. The van der Waals surface area contributed by atoms with Crippen molar-refractivity contribution in [1.29, 1.82) is 0 Å². The molecule has 7 heteroatoms. The molecule has 0 atom stereocenters. The second-order valence-corrected chi connectivity index (χ2v) is 5.15. The van der Waals surface area contributed by atoms with E-state index in [-0.39, 0.29) is 5.56 Å². The Kier molecular flexibility index (Phi) is 3.84. The number of aromatic carboxylic acids is 1. The molecule has 0 bridgehead atoms. The van der Waals surface area contributed by atoms with Crippen LogP contribution in [0.25, 0.3) is 5.65 Å². The number of hydrogen-bond acceptors (Lipinski definition) is 5. The zero-order valence-corrected chi connectivity index (χ0v) is 12.8. The van der Waals surface area contributed by atoms with Gasteiger partial charge in [-0.1, -0.05) is 12.1 Å². The minimum absolute atomic E-state index is 0.0920. The summed E-state index contributed by atoms with van der Waals surface area (Å²) in [6, 6.07) is 7.82. The first-order chi connectivity index (χ1) is 11.1. The number of benzene rings is 1. The van der Waals surface area contributed by atoms with Gasteiger partial charge in [-0.2, -0.15) is 5.10 Å². The molecule has 23 heavy (non-hydrogen) atoms. The number of anilines is 1. The normalized spacial score (nSPS) is 10.7. The summed E-state index contributed by atoms with van der Waals surface area (Å²) in [6.07, 6.45) is 4.71. The first-order valence-corrected chi connectivity index (χ1v) is 6.99. The molecule has 0 aliphatic rings. The van der Waals surface area contributed by atoms with Gasteiger partial charge in [-0.25, -0.2) is 14.3 Å². The van der Waals surface area contributed by atoms with Crippen molar-refractivity contribution >= 4 is 17.3 Å². The van der Waals surface area contributed by atoms with E-state index in [1.54, 1.807) is 19.5 Å². The monoisotopic (exact) mass is 312 g/mol. The largest absolute Gasteiger partial charge is 0.497 e. The third-order valence-electron chi connectivity index (χ3n) is 3.59. The highest BCUT2D eigenvalue weighted by molar-refractivity contribution is 5.94. The lowest BCUT2D eigenvalue weighted by Gasteiger charge is -2.19. The van der Waals surface area contributed by atoms with E-state index in [4.69, 9.17) is 9.84 Å². The molecule has 0 aliphatic carbocycles. The molecule has 1 aromatic carbocycles. The van der Waals surface area contributed by atoms with E-state index in [1.807, 2.05) is 36.2 Å². The zero-order chi connectivity index (χ0) is 16.4. The highest BCUT2D eigenvalue weighted by Crippen LogP contribution is 2.18. The average Bonchev–Trinajstić information content (AvgIpc) is 2.98. The number of carboxylic acid groups (broad SMARTS) is 1. The van der Waals surface area contributed by atoms with Gasteiger partial charge in [-0.3, -0.25) is 0 Å². The summed E-state index contributed by atoms with van der Waals surface area (Å²) in [5.74, 6) is -0.218. The van der Waals surface area contributed by atoms with Crippen LogP contribution >= 0.6 is 0 Å². The van der Waals surface area contributed by atoms with Crippen LogP contribution in [0.2, 0.25) is 0 Å². The minimum atomic E-state index is -1.04. The van der Waals surface area contributed by atoms with Gasteiger partial charge in [-0.15, -0.1) is 0 Å². The van der Waals surface area contributed by atoms with Crippen molar-refractivity contribution in [3.63, 3.8) is 0 Å². The first-order valence-electron chi connectivity index (χ1n) is 6.99. The molecule has 0 amide bonds. The highest BCUT2D eigenvalue weighted by Gasteiger charge is 2.13. The lowest BCUT2D eigenvalue weighted by molar-refractivity contribution is 0.0698. The predicted octanol–water partition coefficient (Wildman–Crippen LogP) is 2.07. The van der Waals surface area contributed by atoms with Crippen molar-refractivity contribution in [2.24, 2.45) is 0 Å². The Balaban J connectivity index is 1.82. The Bertz CT molecular complexity index is 842. The maximum absolute atomic E-state index is 11.1. The topological polar surface area (TPSA) is 80.0 Å². The Morgan fingerprint density at radius 1 is 1.30 bits per heavy atom. The molecule has 3 aromatic rings. The molecule has 0 aliphatic heterocycles. The summed E-state index contributed by atoms with van der Waals surface area (Å²) < 4.78 is 6.62. The van der Waals surface area contributed by atoms with Crippen LogP contribution in [-0.2, 0) is 6.54 Å². The first kappa shape index (κ1) is 14.8. The molecule has 2 aromatic heterocycles. The van der Waals surface area contributed by atoms with Crippen molar-refractivity contribution in [2.45, 2.75) is 6.54 Å². The van der Waals surface area contributed by atoms with Gasteiger partial charge >= 0.3 is 5.97 Å². The van der Waals surface area contributed by atoms with Crippen LogP contribution in [0.15, 0.2) is 42.9 Å². The maximum atomic E-state index is 11.1. The van der Waals surface area contributed by atoms with E-state index in [2.05, 4.69) is 10.1 Å². The average molecular weight is 312 g/mol. The summed E-state index contributed by atoms with van der Waals surface area (Å²) in [5.41, 5.74) is 2.39. The van der Waals surface area contributed by atoms with Gasteiger partial charge in [0.15, 0.2) is 5.65 Å². The number of carboxylic acids is 1. The lowest BCUT2D eigenvalue weighted by Crippen LogP contribution is -2.17. The SMILES string of the molecule is COc1ccc(CN(C)c2cnc3c(C(=O)O)cnn3c2)cc1. The Morgan fingerprint density at radius 3 is 2.70 bits per heavy atom. The molecule has 118 valence electrons. The van der Waals surface area contributed by atoms with Crippen molar-refractivity contribution in [3.05, 3.63) is 54.0 Å². The van der Waals surface area contributed by atoms with E-state index < -0.39 is 5.97 Å². The third kappa shape index (κ3) is 2.94. The van der Waals surface area contributed by atoms with Crippen molar-refractivity contribution in [3.8, 4) is 5.75 Å². The van der Waals surface area contributed by atoms with Crippen LogP contribution in [0.5, 0.6) is 5.75 Å². The van der Waals surface area contributed by atoms with Gasteiger partial charge in [-0.05, 0) is 17.7 Å². The van der Waals surface area contributed by atoms with Gasteiger partial charge in [0.05, 0.1) is 31.4 Å². The summed E-state index contributed by atoms with van der Waals surface area (Å²) >= 11 is 0. The fraction of sp³-hybridized carbons (Fsp3) is 0.188. The van der Waals surface area contributed by atoms with Crippen LogP contribution in [0.3, 0.4) is 0 Å². The molecule has 2 heterocycles. The van der Waals surface area contributed by atoms with Crippen molar-refractivity contribution in [2.75, 3.05) is 19.1 Å². The molecule has 0 unspecified atom stereocenters. The van der Waals surface area contributed by atoms with Gasteiger partial charge in [0.25, 0.3) is 0 Å². The predicted molar refractivity (Wildman–Crippen MR) is 85.0 cm³/mol. The molecule has 3 rings (SSSR count). The van der Waals surface area contributed by atoms with Crippen LogP contribution in [0, 0.1) is 0 Å². The van der Waals surface area contributed by atoms with E-state index in [9.17, 15) is 4.79 Å². The summed E-state index contributed by atoms with van der Waals surface area (Å²) in [4.78, 5) is 17.3. The molecule has 0 saturated carbocycles. The van der Waals surface area contributed by atoms with Crippen LogP contribution < -0.4 is 9.64 Å². The maximum Gasteiger partial charge on any atom is 0.341 e. The highest BCUT2D eigenvalue weighted by atomic mass is 16.5. The molecule has 1 N–H and O–H groups in total. The summed E-state index contributed by atoms with van der Waals surface area (Å²) in [5, 5.41) is 13.1. The fourth-order valence-corrected chi connectivity index (χ4v) is 2.31. The van der Waals surface area contributed by atoms with Gasteiger partial charge in [0.2, 0.25) is 0 Å². The number of hydrogen-bond donors (Lipinski definition) is 1. The Morgan fingerprint density at radius 2 is 2.04 bits per heavy atom. The second-order valence-electron chi connectivity index (χ2n) is 5.15. The lowest BCUT2D eigenvalue weighted by atomic mass is 10.2. The van der Waals surface area contributed by atoms with E-state index in [1.165, 1.54) is 10.7 Å². The van der Waals surface area contributed by atoms with Crippen LogP contribution in [0.4, 0.5) is 5.69 Å². The zero-order valence-electron chi connectivity index (χ0n) is 12.8. The molecule has 0 fully saturated rings. The quantitative estimate of drug-likeness (QED) is 0.777. The molecule has 7 nitrogen and oxygen atoms in total. The molecule has 0 radical (unpaired) electrons. The van der Waals surface area contributed by atoms with Crippen LogP contribution in [0.1, 0.15) is 15.9 Å². The van der Waals surface area contributed by atoms with Gasteiger partial charge in [0.1, 0.15) is 11.3 Å². The summed E-state index contributed by atoms with van der Waals surface area (Å²) in [6.45, 7) is 0.685. The van der Waals surface area contributed by atoms with Crippen molar-refractivity contribution in [1.82, 2.24) is 14.6 Å². The third-order valence-corrected chi connectivity index (χ3v) is 3.59. The number of ether oxygens (including phenoxy) is 1. The Hall–Kier alpha value is -3.09. The molecular formula is C16H16N4O3. The standard InChI is InChI=1S/C16H16N4O3/c1-19(9-11-3-5-13(23-2)6-4-11)12-7-17-15-14(16(21)22)8-18-20(15)10-12/h3-8,10H,9H2,1-2H3,(H,21,22). The number of nitrogens with zero attached hydrogens (tertiary/aromatic N) is 4. The van der Waals surface area contributed by atoms with E-state index in [0.717, 1.165) is 17.0 Å². The number of rotatable bonds is 5. The fourth-order valence-electron chi connectivity index (χ4n) is 2.31. The number of carbonyl (C=O) groups is 1. The molecular weight excluding hydrogens is 296 g/mol. The summed E-state index contributed by atoms with van der Waals surface area (Å²) in [7, 11) is 3.58. The minimum Gasteiger partial charge on any atom is -0.497 e. The number of methoxy groups -OCH3 is 1. The number of fused-ring (bicyclic) bond motifs is 1. The van der Waals surface area contributed by atoms with Crippen LogP contribution in [-0.4, -0.2) is 39.8 Å². The van der Waals surface area contributed by atoms with E-state index >= 15 is 0 Å². The molecule has 0 saturated heterocycles. The number of aromatic nitrogens is 3. The molecule has 0 spiro atoms.